The lowest BCUT2D eigenvalue weighted by Crippen LogP contribution is -2.48. The van der Waals surface area contributed by atoms with Crippen molar-refractivity contribution in [3.05, 3.63) is 53.6 Å². The number of piperazine rings is 1. The number of nitrogens with one attached hydrogen (secondary N) is 1. The van der Waals surface area contributed by atoms with Gasteiger partial charge >= 0.3 is 5.97 Å². The summed E-state index contributed by atoms with van der Waals surface area (Å²) in [6, 6.07) is 11.5. The van der Waals surface area contributed by atoms with Crippen LogP contribution < -0.4 is 15.0 Å². The zero-order valence-corrected chi connectivity index (χ0v) is 16.3. The van der Waals surface area contributed by atoms with Gasteiger partial charge in [0.2, 0.25) is 5.91 Å². The van der Waals surface area contributed by atoms with E-state index < -0.39 is 5.97 Å². The van der Waals surface area contributed by atoms with E-state index in [4.69, 9.17) is 4.74 Å². The van der Waals surface area contributed by atoms with Crippen LogP contribution in [0.25, 0.3) is 0 Å². The first kappa shape index (κ1) is 20.2. The fourth-order valence-corrected chi connectivity index (χ4v) is 3.27. The monoisotopic (exact) mass is 397 g/mol. The number of aromatic carboxylic acids is 1. The minimum Gasteiger partial charge on any atom is -0.497 e. The molecule has 8 heteroatoms. The maximum absolute atomic E-state index is 12.4. The SMILES string of the molecule is COc1ccc(C(=O)Nc2ccc(N3CCN(C(C)=O)CC3)c(C(=O)O)c2)cc1. The smallest absolute Gasteiger partial charge is 0.337 e. The first-order valence-corrected chi connectivity index (χ1v) is 9.22. The van der Waals surface area contributed by atoms with Crippen molar-refractivity contribution in [1.29, 1.82) is 0 Å². The number of rotatable bonds is 5. The third-order valence-electron chi connectivity index (χ3n) is 4.90. The molecule has 0 radical (unpaired) electrons. The van der Waals surface area contributed by atoms with Crippen LogP contribution in [0, 0.1) is 0 Å². The Morgan fingerprint density at radius 1 is 1.00 bits per heavy atom. The van der Waals surface area contributed by atoms with E-state index in [0.717, 1.165) is 0 Å². The highest BCUT2D eigenvalue weighted by Crippen LogP contribution is 2.26. The van der Waals surface area contributed by atoms with Gasteiger partial charge in [0.05, 0.1) is 18.4 Å². The van der Waals surface area contributed by atoms with Gasteiger partial charge < -0.3 is 25.0 Å². The number of hydrogen-bond donors (Lipinski definition) is 2. The van der Waals surface area contributed by atoms with E-state index in [9.17, 15) is 19.5 Å². The van der Waals surface area contributed by atoms with Crippen molar-refractivity contribution in [2.75, 3.05) is 43.5 Å². The van der Waals surface area contributed by atoms with Crippen molar-refractivity contribution in [2.45, 2.75) is 6.92 Å². The topological polar surface area (TPSA) is 99.2 Å². The van der Waals surface area contributed by atoms with Crippen LogP contribution in [0.3, 0.4) is 0 Å². The largest absolute Gasteiger partial charge is 0.497 e. The summed E-state index contributed by atoms with van der Waals surface area (Å²) in [7, 11) is 1.55. The molecule has 8 nitrogen and oxygen atoms in total. The number of carbonyl (C=O) groups is 3. The molecule has 0 aromatic heterocycles. The number of carboxylic acid groups (broad SMARTS) is 1. The van der Waals surface area contributed by atoms with Crippen molar-refractivity contribution in [1.82, 2.24) is 4.90 Å². The summed E-state index contributed by atoms with van der Waals surface area (Å²) in [5.41, 5.74) is 1.51. The number of anilines is 2. The van der Waals surface area contributed by atoms with Crippen LogP contribution >= 0.6 is 0 Å². The maximum atomic E-state index is 12.4. The van der Waals surface area contributed by atoms with Crippen LogP contribution in [0.1, 0.15) is 27.6 Å². The second-order valence-electron chi connectivity index (χ2n) is 6.71. The Labute approximate surface area is 168 Å². The Bertz CT molecular complexity index is 918. The van der Waals surface area contributed by atoms with Gasteiger partial charge in [0.25, 0.3) is 5.91 Å². The van der Waals surface area contributed by atoms with Gasteiger partial charge in [-0.3, -0.25) is 9.59 Å². The normalized spacial score (nSPS) is 13.7. The highest BCUT2D eigenvalue weighted by Gasteiger charge is 2.23. The summed E-state index contributed by atoms with van der Waals surface area (Å²) in [6.07, 6.45) is 0. The van der Waals surface area contributed by atoms with E-state index in [-0.39, 0.29) is 17.4 Å². The van der Waals surface area contributed by atoms with Gasteiger partial charge in [-0.25, -0.2) is 4.79 Å². The van der Waals surface area contributed by atoms with E-state index in [1.165, 1.54) is 13.0 Å². The summed E-state index contributed by atoms with van der Waals surface area (Å²) < 4.78 is 5.08. The second-order valence-corrected chi connectivity index (χ2v) is 6.71. The molecule has 29 heavy (non-hydrogen) atoms. The molecular weight excluding hydrogens is 374 g/mol. The predicted octanol–water partition coefficient (Wildman–Crippen LogP) is 2.31. The molecule has 152 valence electrons. The summed E-state index contributed by atoms with van der Waals surface area (Å²) in [5, 5.41) is 12.4. The first-order valence-electron chi connectivity index (χ1n) is 9.22. The maximum Gasteiger partial charge on any atom is 0.337 e. The number of hydrogen-bond acceptors (Lipinski definition) is 5. The zero-order valence-electron chi connectivity index (χ0n) is 16.3. The molecular formula is C21H23N3O5. The molecule has 3 rings (SSSR count). The highest BCUT2D eigenvalue weighted by molar-refractivity contribution is 6.05. The Balaban J connectivity index is 1.76. The lowest BCUT2D eigenvalue weighted by molar-refractivity contribution is -0.129. The highest BCUT2D eigenvalue weighted by atomic mass is 16.5. The van der Waals surface area contributed by atoms with Crippen molar-refractivity contribution in [3.63, 3.8) is 0 Å². The minimum absolute atomic E-state index is 0.0136. The first-order chi connectivity index (χ1) is 13.9. The molecule has 2 amide bonds. The van der Waals surface area contributed by atoms with Gasteiger partial charge in [-0.1, -0.05) is 0 Å². The summed E-state index contributed by atoms with van der Waals surface area (Å²) >= 11 is 0. The molecule has 2 aromatic rings. The van der Waals surface area contributed by atoms with Crippen molar-refractivity contribution >= 4 is 29.2 Å². The molecule has 0 saturated carbocycles. The zero-order chi connectivity index (χ0) is 21.0. The van der Waals surface area contributed by atoms with Gasteiger partial charge in [0.1, 0.15) is 5.75 Å². The standard InChI is InChI=1S/C21H23N3O5/c1-14(25)23-9-11-24(12-10-23)19-8-5-16(13-18(19)21(27)28)22-20(26)15-3-6-17(29-2)7-4-15/h3-8,13H,9-12H2,1-2H3,(H,22,26)(H,27,28). The number of ether oxygens (including phenoxy) is 1. The van der Waals surface area contributed by atoms with Gasteiger partial charge in [-0.05, 0) is 42.5 Å². The Morgan fingerprint density at radius 2 is 1.66 bits per heavy atom. The Kier molecular flexibility index (Phi) is 6.01. The van der Waals surface area contributed by atoms with Crippen LogP contribution in [0.4, 0.5) is 11.4 Å². The van der Waals surface area contributed by atoms with Crippen LogP contribution in [0.2, 0.25) is 0 Å². The number of carboxylic acids is 1. The number of benzene rings is 2. The number of carbonyl (C=O) groups excluding carboxylic acids is 2. The number of amides is 2. The predicted molar refractivity (Wildman–Crippen MR) is 109 cm³/mol. The molecule has 0 unspecified atom stereocenters. The summed E-state index contributed by atoms with van der Waals surface area (Å²) in [6.45, 7) is 3.72. The quantitative estimate of drug-likeness (QED) is 0.803. The van der Waals surface area contributed by atoms with Crippen LogP contribution in [-0.2, 0) is 4.79 Å². The molecule has 0 spiro atoms. The fraction of sp³-hybridized carbons (Fsp3) is 0.286. The average molecular weight is 397 g/mol. The van der Waals surface area contributed by atoms with Gasteiger partial charge in [-0.15, -0.1) is 0 Å². The van der Waals surface area contributed by atoms with Gasteiger partial charge in [-0.2, -0.15) is 0 Å². The van der Waals surface area contributed by atoms with Crippen molar-refractivity contribution in [2.24, 2.45) is 0 Å². The Hall–Kier alpha value is -3.55. The van der Waals surface area contributed by atoms with Gasteiger partial charge in [0.15, 0.2) is 0 Å². The lowest BCUT2D eigenvalue weighted by atomic mass is 10.1. The van der Waals surface area contributed by atoms with Crippen molar-refractivity contribution < 1.29 is 24.2 Å². The minimum atomic E-state index is -1.07. The number of methoxy groups -OCH3 is 1. The third kappa shape index (κ3) is 4.66. The molecule has 2 aromatic carbocycles. The molecule has 0 aliphatic carbocycles. The molecule has 1 heterocycles. The van der Waals surface area contributed by atoms with Gasteiger partial charge in [0, 0.05) is 44.4 Å². The van der Waals surface area contributed by atoms with Crippen LogP contribution in [-0.4, -0.2) is 61.1 Å². The molecule has 1 saturated heterocycles. The molecule has 2 N–H and O–H groups in total. The van der Waals surface area contributed by atoms with E-state index in [1.54, 1.807) is 48.4 Å². The second kappa shape index (κ2) is 8.64. The molecule has 0 atom stereocenters. The van der Waals surface area contributed by atoms with Crippen LogP contribution in [0.15, 0.2) is 42.5 Å². The van der Waals surface area contributed by atoms with E-state index in [0.29, 0.717) is 48.9 Å². The molecule has 0 bridgehead atoms. The molecule has 1 fully saturated rings. The molecule has 1 aliphatic rings. The molecule has 1 aliphatic heterocycles. The number of nitrogens with zero attached hydrogens (tertiary/aromatic N) is 2. The van der Waals surface area contributed by atoms with E-state index >= 15 is 0 Å². The lowest BCUT2D eigenvalue weighted by Gasteiger charge is -2.36. The van der Waals surface area contributed by atoms with Crippen molar-refractivity contribution in [3.8, 4) is 5.75 Å². The summed E-state index contributed by atoms with van der Waals surface area (Å²) in [5.74, 6) is -0.759. The fourth-order valence-electron chi connectivity index (χ4n) is 3.27. The summed E-state index contributed by atoms with van der Waals surface area (Å²) in [4.78, 5) is 39.4. The Morgan fingerprint density at radius 3 is 2.21 bits per heavy atom. The van der Waals surface area contributed by atoms with Crippen LogP contribution in [0.5, 0.6) is 5.75 Å². The van der Waals surface area contributed by atoms with E-state index in [1.807, 2.05) is 4.90 Å². The van der Waals surface area contributed by atoms with E-state index in [2.05, 4.69) is 5.32 Å². The third-order valence-corrected chi connectivity index (χ3v) is 4.90. The average Bonchev–Trinajstić information content (AvgIpc) is 2.73.